The van der Waals surface area contributed by atoms with Gasteiger partial charge in [-0.15, -0.1) is 0 Å². The number of benzene rings is 1. The van der Waals surface area contributed by atoms with E-state index in [0.717, 1.165) is 0 Å². The fourth-order valence-electron chi connectivity index (χ4n) is 0.853. The van der Waals surface area contributed by atoms with Gasteiger partial charge in [-0.25, -0.2) is 0 Å². The van der Waals surface area contributed by atoms with Crippen LogP contribution in [0.1, 0.15) is 10.4 Å². The number of phenolic OH excluding ortho intramolecular Hbond substituents is 1. The highest BCUT2D eigenvalue weighted by Crippen LogP contribution is 2.40. The first-order chi connectivity index (χ1) is 6.11. The van der Waals surface area contributed by atoms with Gasteiger partial charge in [0.05, 0.1) is 11.6 Å². The minimum Gasteiger partial charge on any atom is -0.503 e. The first-order valence-electron chi connectivity index (χ1n) is 3.32. The molecule has 0 atom stereocenters. The van der Waals surface area contributed by atoms with E-state index in [4.69, 9.17) is 4.74 Å². The Labute approximate surface area is 92.0 Å². The van der Waals surface area contributed by atoms with Gasteiger partial charge in [-0.05, 0) is 37.9 Å². The van der Waals surface area contributed by atoms with Crippen molar-refractivity contribution in [1.29, 1.82) is 0 Å². The second kappa shape index (κ2) is 4.11. The molecule has 0 unspecified atom stereocenters. The van der Waals surface area contributed by atoms with Crippen LogP contribution in [0.15, 0.2) is 15.0 Å². The maximum absolute atomic E-state index is 10.6. The monoisotopic (exact) mass is 308 g/mol. The fraction of sp³-hybridized carbons (Fsp3) is 0.125. The Bertz CT molecular complexity index is 350. The van der Waals surface area contributed by atoms with Crippen molar-refractivity contribution in [2.45, 2.75) is 0 Å². The van der Waals surface area contributed by atoms with Crippen LogP contribution < -0.4 is 4.74 Å². The van der Waals surface area contributed by atoms with Crippen LogP contribution >= 0.6 is 31.9 Å². The highest BCUT2D eigenvalue weighted by Gasteiger charge is 2.13. The molecule has 0 aliphatic rings. The van der Waals surface area contributed by atoms with Crippen molar-refractivity contribution in [1.82, 2.24) is 0 Å². The van der Waals surface area contributed by atoms with E-state index in [0.29, 0.717) is 20.8 Å². The summed E-state index contributed by atoms with van der Waals surface area (Å²) in [5.41, 5.74) is 0.418. The molecule has 0 heterocycles. The Morgan fingerprint density at radius 2 is 2.08 bits per heavy atom. The number of rotatable bonds is 2. The number of carbonyl (C=O) groups excluding carboxylic acids is 1. The maximum Gasteiger partial charge on any atom is 0.173 e. The smallest absolute Gasteiger partial charge is 0.173 e. The number of ether oxygens (including phenoxy) is 1. The van der Waals surface area contributed by atoms with Crippen LogP contribution in [0.3, 0.4) is 0 Å². The molecule has 0 aliphatic carbocycles. The molecule has 0 saturated carbocycles. The number of carbonyl (C=O) groups is 1. The summed E-state index contributed by atoms with van der Waals surface area (Å²) in [5.74, 6) is 0.233. The standard InChI is InChI=1S/C8H6Br2O3/c1-13-5-2-4(3-11)6(9)7(10)8(5)12/h2-3,12H,1H3. The summed E-state index contributed by atoms with van der Waals surface area (Å²) >= 11 is 6.29. The molecule has 0 radical (unpaired) electrons. The van der Waals surface area contributed by atoms with Gasteiger partial charge in [0.25, 0.3) is 0 Å². The number of hydrogen-bond donors (Lipinski definition) is 1. The minimum absolute atomic E-state index is 0.0278. The molecule has 0 spiro atoms. The normalized spacial score (nSPS) is 9.77. The van der Waals surface area contributed by atoms with Crippen LogP contribution in [0.2, 0.25) is 0 Å². The molecular weight excluding hydrogens is 304 g/mol. The van der Waals surface area contributed by atoms with Gasteiger partial charge in [-0.1, -0.05) is 0 Å². The highest BCUT2D eigenvalue weighted by atomic mass is 79.9. The first kappa shape index (κ1) is 10.5. The lowest BCUT2D eigenvalue weighted by molar-refractivity contribution is 0.112. The number of hydrogen-bond acceptors (Lipinski definition) is 3. The molecule has 1 aromatic carbocycles. The third-order valence-electron chi connectivity index (χ3n) is 1.52. The third-order valence-corrected chi connectivity index (χ3v) is 3.68. The van der Waals surface area contributed by atoms with Crippen LogP contribution in [0.25, 0.3) is 0 Å². The van der Waals surface area contributed by atoms with E-state index in [1.54, 1.807) is 0 Å². The zero-order chi connectivity index (χ0) is 10.0. The first-order valence-corrected chi connectivity index (χ1v) is 4.90. The van der Waals surface area contributed by atoms with E-state index in [9.17, 15) is 9.90 Å². The van der Waals surface area contributed by atoms with Gasteiger partial charge < -0.3 is 9.84 Å². The summed E-state index contributed by atoms with van der Waals surface area (Å²) in [6, 6.07) is 1.46. The van der Waals surface area contributed by atoms with Crippen molar-refractivity contribution >= 4 is 38.1 Å². The van der Waals surface area contributed by atoms with Gasteiger partial charge in [-0.2, -0.15) is 0 Å². The molecule has 0 saturated heterocycles. The van der Waals surface area contributed by atoms with Crippen LogP contribution in [0.5, 0.6) is 11.5 Å². The molecule has 13 heavy (non-hydrogen) atoms. The Morgan fingerprint density at radius 1 is 1.46 bits per heavy atom. The molecule has 0 bridgehead atoms. The van der Waals surface area contributed by atoms with E-state index >= 15 is 0 Å². The zero-order valence-corrected chi connectivity index (χ0v) is 9.85. The lowest BCUT2D eigenvalue weighted by Gasteiger charge is -2.08. The molecule has 1 aromatic rings. The van der Waals surface area contributed by atoms with E-state index < -0.39 is 0 Å². The Hall–Kier alpha value is -0.550. The van der Waals surface area contributed by atoms with Crippen LogP contribution in [0, 0.1) is 0 Å². The van der Waals surface area contributed by atoms with Crippen LogP contribution in [-0.2, 0) is 0 Å². The summed E-state index contributed by atoms with van der Waals surface area (Å²) in [6.07, 6.45) is 0.677. The minimum atomic E-state index is -0.0278. The molecule has 1 rings (SSSR count). The summed E-state index contributed by atoms with van der Waals surface area (Å²) in [7, 11) is 1.42. The third kappa shape index (κ3) is 1.86. The topological polar surface area (TPSA) is 46.5 Å². The fourth-order valence-corrected chi connectivity index (χ4v) is 1.67. The Balaban J connectivity index is 3.45. The predicted octanol–water partition coefficient (Wildman–Crippen LogP) is 2.74. The van der Waals surface area contributed by atoms with Crippen LogP contribution in [-0.4, -0.2) is 18.5 Å². The number of aromatic hydroxyl groups is 1. The lowest BCUT2D eigenvalue weighted by atomic mass is 10.2. The predicted molar refractivity (Wildman–Crippen MR) is 55.4 cm³/mol. The molecular formula is C8H6Br2O3. The summed E-state index contributed by atoms with van der Waals surface area (Å²) in [4.78, 5) is 10.6. The second-order valence-electron chi connectivity index (χ2n) is 2.26. The molecule has 5 heteroatoms. The number of phenols is 1. The number of halogens is 2. The van der Waals surface area contributed by atoms with Crippen molar-refractivity contribution in [2.75, 3.05) is 7.11 Å². The van der Waals surface area contributed by atoms with Gasteiger partial charge in [0.2, 0.25) is 0 Å². The SMILES string of the molecule is COc1cc(C=O)c(Br)c(Br)c1O. The van der Waals surface area contributed by atoms with E-state index in [2.05, 4.69) is 31.9 Å². The Morgan fingerprint density at radius 3 is 2.54 bits per heavy atom. The largest absolute Gasteiger partial charge is 0.503 e. The lowest BCUT2D eigenvalue weighted by Crippen LogP contribution is -1.90. The molecule has 1 N–H and O–H groups in total. The van der Waals surface area contributed by atoms with Gasteiger partial charge in [0.15, 0.2) is 17.8 Å². The zero-order valence-electron chi connectivity index (χ0n) is 6.67. The molecule has 3 nitrogen and oxygen atoms in total. The van der Waals surface area contributed by atoms with Gasteiger partial charge in [-0.3, -0.25) is 4.79 Å². The molecule has 0 aromatic heterocycles. The molecule has 70 valence electrons. The van der Waals surface area contributed by atoms with Crippen molar-refractivity contribution in [3.63, 3.8) is 0 Å². The Kier molecular flexibility index (Phi) is 3.33. The summed E-state index contributed by atoms with van der Waals surface area (Å²) in [5, 5.41) is 9.48. The van der Waals surface area contributed by atoms with Crippen molar-refractivity contribution in [3.8, 4) is 11.5 Å². The second-order valence-corrected chi connectivity index (χ2v) is 3.85. The summed E-state index contributed by atoms with van der Waals surface area (Å²) < 4.78 is 5.79. The average Bonchev–Trinajstić information content (AvgIpc) is 2.15. The van der Waals surface area contributed by atoms with Crippen LogP contribution in [0.4, 0.5) is 0 Å². The van der Waals surface area contributed by atoms with Crippen molar-refractivity contribution in [3.05, 3.63) is 20.6 Å². The number of aldehydes is 1. The van der Waals surface area contributed by atoms with Gasteiger partial charge >= 0.3 is 0 Å². The van der Waals surface area contributed by atoms with Gasteiger partial charge in [0, 0.05) is 10.0 Å². The van der Waals surface area contributed by atoms with Crippen molar-refractivity contribution in [2.24, 2.45) is 0 Å². The molecule has 0 amide bonds. The van der Waals surface area contributed by atoms with E-state index in [1.165, 1.54) is 13.2 Å². The quantitative estimate of drug-likeness (QED) is 0.855. The van der Waals surface area contributed by atoms with E-state index in [-0.39, 0.29) is 11.5 Å². The van der Waals surface area contributed by atoms with E-state index in [1.807, 2.05) is 0 Å². The highest BCUT2D eigenvalue weighted by molar-refractivity contribution is 9.13. The maximum atomic E-state index is 10.6. The number of methoxy groups -OCH3 is 1. The molecule has 0 aliphatic heterocycles. The molecule has 0 fully saturated rings. The summed E-state index contributed by atoms with van der Waals surface area (Å²) in [6.45, 7) is 0. The van der Waals surface area contributed by atoms with Gasteiger partial charge in [0.1, 0.15) is 0 Å². The van der Waals surface area contributed by atoms with Crippen molar-refractivity contribution < 1.29 is 14.6 Å². The average molecular weight is 310 g/mol.